The molecule has 0 aromatic heterocycles. The summed E-state index contributed by atoms with van der Waals surface area (Å²) < 4.78 is 5.19. The van der Waals surface area contributed by atoms with E-state index in [1.165, 1.54) is 31.4 Å². The van der Waals surface area contributed by atoms with Crippen LogP contribution in [0.25, 0.3) is 0 Å². The third-order valence-corrected chi connectivity index (χ3v) is 3.39. The van der Waals surface area contributed by atoms with Crippen LogP contribution in [0.3, 0.4) is 0 Å². The van der Waals surface area contributed by atoms with Crippen molar-refractivity contribution in [3.05, 3.63) is 29.8 Å². The largest absolute Gasteiger partial charge is 0.497 e. The Kier molecular flexibility index (Phi) is 6.81. The Balaban J connectivity index is 2.63. The first-order chi connectivity index (χ1) is 8.71. The van der Waals surface area contributed by atoms with Gasteiger partial charge in [0.15, 0.2) is 0 Å². The van der Waals surface area contributed by atoms with E-state index in [1.54, 1.807) is 7.11 Å². The van der Waals surface area contributed by atoms with E-state index in [9.17, 15) is 0 Å². The molecule has 2 heteroatoms. The maximum absolute atomic E-state index is 5.19. The third kappa shape index (κ3) is 4.69. The van der Waals surface area contributed by atoms with Crippen molar-refractivity contribution in [2.45, 2.75) is 52.6 Å². The lowest BCUT2D eigenvalue weighted by Gasteiger charge is -2.28. The Hall–Kier alpha value is -1.02. The van der Waals surface area contributed by atoms with Crippen LogP contribution in [0.4, 0.5) is 0 Å². The van der Waals surface area contributed by atoms with Gasteiger partial charge in [0.2, 0.25) is 0 Å². The quantitative estimate of drug-likeness (QED) is 0.688. The molecular weight excluding hydrogens is 222 g/mol. The van der Waals surface area contributed by atoms with Crippen LogP contribution >= 0.6 is 0 Å². The highest BCUT2D eigenvalue weighted by molar-refractivity contribution is 5.27. The topological polar surface area (TPSA) is 12.5 Å². The molecule has 0 aliphatic rings. The van der Waals surface area contributed by atoms with Gasteiger partial charge in [-0.25, -0.2) is 0 Å². The zero-order valence-electron chi connectivity index (χ0n) is 12.3. The van der Waals surface area contributed by atoms with Gasteiger partial charge in [0.25, 0.3) is 0 Å². The number of rotatable bonds is 8. The zero-order valence-corrected chi connectivity index (χ0v) is 12.3. The summed E-state index contributed by atoms with van der Waals surface area (Å²) in [6.07, 6.45) is 3.74. The molecule has 1 aromatic rings. The normalized spacial score (nSPS) is 12.7. The Bertz CT molecular complexity index is 320. The van der Waals surface area contributed by atoms with Crippen LogP contribution in [0.15, 0.2) is 24.3 Å². The molecule has 0 radical (unpaired) electrons. The van der Waals surface area contributed by atoms with Crippen LogP contribution in [-0.4, -0.2) is 24.6 Å². The first-order valence-electron chi connectivity index (χ1n) is 7.08. The summed E-state index contributed by atoms with van der Waals surface area (Å²) in [4.78, 5) is 2.57. The Labute approximate surface area is 112 Å². The molecule has 1 aromatic carbocycles. The fourth-order valence-electron chi connectivity index (χ4n) is 2.31. The van der Waals surface area contributed by atoms with Crippen LogP contribution in [-0.2, 0) is 6.54 Å². The first-order valence-corrected chi connectivity index (χ1v) is 7.08. The molecule has 1 rings (SSSR count). The molecule has 102 valence electrons. The molecule has 1 atom stereocenters. The summed E-state index contributed by atoms with van der Waals surface area (Å²) in [6.45, 7) is 9.06. The second-order valence-electron chi connectivity index (χ2n) is 4.96. The fraction of sp³-hybridized carbons (Fsp3) is 0.625. The monoisotopic (exact) mass is 249 g/mol. The van der Waals surface area contributed by atoms with Gasteiger partial charge in [-0.3, -0.25) is 4.90 Å². The van der Waals surface area contributed by atoms with Crippen molar-refractivity contribution in [3.8, 4) is 5.75 Å². The molecule has 0 saturated carbocycles. The SMILES string of the molecule is CCCC(C)N(CCC)Cc1ccc(OC)cc1. The lowest BCUT2D eigenvalue weighted by Crippen LogP contribution is -2.33. The molecule has 0 bridgehead atoms. The number of benzene rings is 1. The van der Waals surface area contributed by atoms with Crippen molar-refractivity contribution in [2.75, 3.05) is 13.7 Å². The highest BCUT2D eigenvalue weighted by Crippen LogP contribution is 2.16. The van der Waals surface area contributed by atoms with Gasteiger partial charge in [-0.15, -0.1) is 0 Å². The summed E-state index contributed by atoms with van der Waals surface area (Å²) in [6, 6.07) is 9.09. The maximum atomic E-state index is 5.19. The molecular formula is C16H27NO. The average Bonchev–Trinajstić information content (AvgIpc) is 2.39. The number of ether oxygens (including phenoxy) is 1. The second-order valence-corrected chi connectivity index (χ2v) is 4.96. The highest BCUT2D eigenvalue weighted by atomic mass is 16.5. The summed E-state index contributed by atoms with van der Waals surface area (Å²) in [5, 5.41) is 0. The standard InChI is InChI=1S/C16H27NO/c1-5-7-14(3)17(12-6-2)13-15-8-10-16(18-4)11-9-15/h8-11,14H,5-7,12-13H2,1-4H3. The minimum Gasteiger partial charge on any atom is -0.497 e. The summed E-state index contributed by atoms with van der Waals surface area (Å²) in [5.74, 6) is 0.933. The highest BCUT2D eigenvalue weighted by Gasteiger charge is 2.12. The lowest BCUT2D eigenvalue weighted by molar-refractivity contribution is 0.190. The lowest BCUT2D eigenvalue weighted by atomic mass is 10.1. The second kappa shape index (κ2) is 8.15. The van der Waals surface area contributed by atoms with Gasteiger partial charge in [-0.05, 0) is 44.0 Å². The molecule has 0 N–H and O–H groups in total. The first kappa shape index (κ1) is 15.0. The van der Waals surface area contributed by atoms with E-state index in [4.69, 9.17) is 4.74 Å². The van der Waals surface area contributed by atoms with E-state index >= 15 is 0 Å². The number of hydrogen-bond acceptors (Lipinski definition) is 2. The molecule has 0 aliphatic heterocycles. The Morgan fingerprint density at radius 2 is 1.78 bits per heavy atom. The molecule has 0 aliphatic carbocycles. The molecule has 0 spiro atoms. The van der Waals surface area contributed by atoms with E-state index in [-0.39, 0.29) is 0 Å². The van der Waals surface area contributed by atoms with Gasteiger partial charge in [-0.2, -0.15) is 0 Å². The van der Waals surface area contributed by atoms with E-state index in [2.05, 4.69) is 37.8 Å². The van der Waals surface area contributed by atoms with Crippen molar-refractivity contribution in [2.24, 2.45) is 0 Å². The van der Waals surface area contributed by atoms with Gasteiger partial charge in [-0.1, -0.05) is 32.4 Å². The van der Waals surface area contributed by atoms with Crippen molar-refractivity contribution in [1.82, 2.24) is 4.90 Å². The molecule has 1 unspecified atom stereocenters. The van der Waals surface area contributed by atoms with Crippen LogP contribution in [0.2, 0.25) is 0 Å². The molecule has 0 heterocycles. The van der Waals surface area contributed by atoms with Crippen LogP contribution < -0.4 is 4.74 Å². The fourth-order valence-corrected chi connectivity index (χ4v) is 2.31. The number of hydrogen-bond donors (Lipinski definition) is 0. The number of nitrogens with zero attached hydrogens (tertiary/aromatic N) is 1. The zero-order chi connectivity index (χ0) is 13.4. The van der Waals surface area contributed by atoms with Gasteiger partial charge < -0.3 is 4.74 Å². The minimum atomic E-state index is 0.664. The van der Waals surface area contributed by atoms with E-state index in [0.717, 1.165) is 12.3 Å². The van der Waals surface area contributed by atoms with E-state index in [1.807, 2.05) is 12.1 Å². The van der Waals surface area contributed by atoms with E-state index in [0.29, 0.717) is 6.04 Å². The molecule has 2 nitrogen and oxygen atoms in total. The smallest absolute Gasteiger partial charge is 0.118 e. The predicted molar refractivity (Wildman–Crippen MR) is 78.1 cm³/mol. The Morgan fingerprint density at radius 3 is 2.28 bits per heavy atom. The summed E-state index contributed by atoms with van der Waals surface area (Å²) in [5.41, 5.74) is 1.37. The molecule has 18 heavy (non-hydrogen) atoms. The minimum absolute atomic E-state index is 0.664. The van der Waals surface area contributed by atoms with Crippen molar-refractivity contribution in [1.29, 1.82) is 0 Å². The third-order valence-electron chi connectivity index (χ3n) is 3.39. The van der Waals surface area contributed by atoms with Gasteiger partial charge in [0, 0.05) is 12.6 Å². The summed E-state index contributed by atoms with van der Waals surface area (Å²) >= 11 is 0. The maximum Gasteiger partial charge on any atom is 0.118 e. The van der Waals surface area contributed by atoms with Crippen molar-refractivity contribution in [3.63, 3.8) is 0 Å². The molecule has 0 saturated heterocycles. The molecule has 0 fully saturated rings. The van der Waals surface area contributed by atoms with E-state index < -0.39 is 0 Å². The van der Waals surface area contributed by atoms with Gasteiger partial charge in [0.1, 0.15) is 5.75 Å². The molecule has 0 amide bonds. The Morgan fingerprint density at radius 1 is 1.11 bits per heavy atom. The van der Waals surface area contributed by atoms with Crippen molar-refractivity contribution < 1.29 is 4.74 Å². The van der Waals surface area contributed by atoms with Crippen LogP contribution in [0.5, 0.6) is 5.75 Å². The summed E-state index contributed by atoms with van der Waals surface area (Å²) in [7, 11) is 1.71. The van der Waals surface area contributed by atoms with Crippen molar-refractivity contribution >= 4 is 0 Å². The number of methoxy groups -OCH3 is 1. The van der Waals surface area contributed by atoms with Crippen LogP contribution in [0.1, 0.15) is 45.6 Å². The van der Waals surface area contributed by atoms with Gasteiger partial charge >= 0.3 is 0 Å². The van der Waals surface area contributed by atoms with Crippen LogP contribution in [0, 0.1) is 0 Å². The van der Waals surface area contributed by atoms with Gasteiger partial charge in [0.05, 0.1) is 7.11 Å². The predicted octanol–water partition coefficient (Wildman–Crippen LogP) is 4.10. The average molecular weight is 249 g/mol.